The summed E-state index contributed by atoms with van der Waals surface area (Å²) in [5.41, 5.74) is 1.30. The Bertz CT molecular complexity index is 329. The fraction of sp³-hybridized carbons (Fsp3) is 0.812. The van der Waals surface area contributed by atoms with Crippen molar-refractivity contribution in [3.63, 3.8) is 0 Å². The average Bonchev–Trinajstić information content (AvgIpc) is 2.36. The molecule has 116 valence electrons. The van der Waals surface area contributed by atoms with E-state index in [1.165, 1.54) is 0 Å². The van der Waals surface area contributed by atoms with E-state index in [2.05, 4.69) is 25.7 Å². The summed E-state index contributed by atoms with van der Waals surface area (Å²) >= 11 is 0. The van der Waals surface area contributed by atoms with Gasteiger partial charge in [-0.25, -0.2) is 0 Å². The predicted molar refractivity (Wildman–Crippen MR) is 80.6 cm³/mol. The molecule has 1 aliphatic rings. The first-order valence-corrected chi connectivity index (χ1v) is 7.38. The second-order valence-electron chi connectivity index (χ2n) is 6.66. The summed E-state index contributed by atoms with van der Waals surface area (Å²) in [5, 5.41) is 2.94. The molecule has 4 nitrogen and oxygen atoms in total. The van der Waals surface area contributed by atoms with Crippen LogP contribution in [0.1, 0.15) is 46.5 Å². The SMILES string of the molecule is C=C(C)CC(CC(=O)NCC1CCC(C)(C)CO1)OC. The molecule has 1 heterocycles. The highest BCUT2D eigenvalue weighted by atomic mass is 16.5. The molecule has 1 rings (SSSR count). The van der Waals surface area contributed by atoms with Gasteiger partial charge in [0.2, 0.25) is 5.91 Å². The number of amides is 1. The van der Waals surface area contributed by atoms with Crippen molar-refractivity contribution in [2.45, 2.75) is 58.7 Å². The molecule has 0 radical (unpaired) electrons. The monoisotopic (exact) mass is 283 g/mol. The van der Waals surface area contributed by atoms with Crippen molar-refractivity contribution < 1.29 is 14.3 Å². The minimum absolute atomic E-state index is 0.0199. The van der Waals surface area contributed by atoms with Crippen LogP contribution in [0.4, 0.5) is 0 Å². The molecular formula is C16H29NO3. The first-order valence-electron chi connectivity index (χ1n) is 7.38. The van der Waals surface area contributed by atoms with Gasteiger partial charge in [-0.15, -0.1) is 6.58 Å². The molecule has 2 atom stereocenters. The van der Waals surface area contributed by atoms with Crippen molar-refractivity contribution >= 4 is 5.91 Å². The van der Waals surface area contributed by atoms with Crippen LogP contribution < -0.4 is 5.32 Å². The highest BCUT2D eigenvalue weighted by Crippen LogP contribution is 2.29. The van der Waals surface area contributed by atoms with Gasteiger partial charge in [-0.3, -0.25) is 4.79 Å². The fourth-order valence-electron chi connectivity index (χ4n) is 2.35. The van der Waals surface area contributed by atoms with Crippen LogP contribution in [0.2, 0.25) is 0 Å². The lowest BCUT2D eigenvalue weighted by Gasteiger charge is -2.34. The second kappa shape index (κ2) is 7.79. The van der Waals surface area contributed by atoms with Gasteiger partial charge in [-0.05, 0) is 31.6 Å². The molecule has 0 aromatic rings. The number of methoxy groups -OCH3 is 1. The highest BCUT2D eigenvalue weighted by Gasteiger charge is 2.27. The van der Waals surface area contributed by atoms with Gasteiger partial charge in [0.1, 0.15) is 0 Å². The zero-order chi connectivity index (χ0) is 15.2. The van der Waals surface area contributed by atoms with Crippen molar-refractivity contribution in [2.24, 2.45) is 5.41 Å². The second-order valence-corrected chi connectivity index (χ2v) is 6.66. The summed E-state index contributed by atoms with van der Waals surface area (Å²) in [4.78, 5) is 11.9. The van der Waals surface area contributed by atoms with Gasteiger partial charge in [0, 0.05) is 13.7 Å². The van der Waals surface area contributed by atoms with Gasteiger partial charge in [-0.2, -0.15) is 0 Å². The Morgan fingerprint density at radius 1 is 1.50 bits per heavy atom. The molecule has 0 aromatic heterocycles. The van der Waals surface area contributed by atoms with Gasteiger partial charge in [-0.1, -0.05) is 19.4 Å². The van der Waals surface area contributed by atoms with Crippen molar-refractivity contribution in [1.29, 1.82) is 0 Å². The standard InChI is InChI=1S/C16H29NO3/c1-12(2)8-14(19-5)9-15(18)17-10-13-6-7-16(3,4)11-20-13/h13-14H,1,6-11H2,2-5H3,(H,17,18). The van der Waals surface area contributed by atoms with E-state index in [1.54, 1.807) is 7.11 Å². The zero-order valence-corrected chi connectivity index (χ0v) is 13.3. The van der Waals surface area contributed by atoms with E-state index in [-0.39, 0.29) is 23.5 Å². The summed E-state index contributed by atoms with van der Waals surface area (Å²) < 4.78 is 11.1. The van der Waals surface area contributed by atoms with Gasteiger partial charge < -0.3 is 14.8 Å². The lowest BCUT2D eigenvalue weighted by molar-refractivity contribution is -0.124. The minimum Gasteiger partial charge on any atom is -0.381 e. The third kappa shape index (κ3) is 6.53. The smallest absolute Gasteiger partial charge is 0.222 e. The van der Waals surface area contributed by atoms with E-state index in [4.69, 9.17) is 9.47 Å². The van der Waals surface area contributed by atoms with Crippen molar-refractivity contribution in [3.05, 3.63) is 12.2 Å². The van der Waals surface area contributed by atoms with Crippen LogP contribution in [0.3, 0.4) is 0 Å². The summed E-state index contributed by atoms with van der Waals surface area (Å²) in [6.45, 7) is 11.6. The third-order valence-corrected chi connectivity index (χ3v) is 3.70. The molecule has 0 saturated carbocycles. The maximum atomic E-state index is 11.9. The highest BCUT2D eigenvalue weighted by molar-refractivity contribution is 5.76. The largest absolute Gasteiger partial charge is 0.381 e. The topological polar surface area (TPSA) is 47.6 Å². The van der Waals surface area contributed by atoms with E-state index >= 15 is 0 Å². The number of carbonyl (C=O) groups is 1. The van der Waals surface area contributed by atoms with E-state index in [9.17, 15) is 4.79 Å². The van der Waals surface area contributed by atoms with Crippen molar-refractivity contribution in [1.82, 2.24) is 5.32 Å². The molecule has 1 saturated heterocycles. The van der Waals surface area contributed by atoms with E-state index in [1.807, 2.05) is 6.92 Å². The van der Waals surface area contributed by atoms with Crippen LogP contribution in [0.15, 0.2) is 12.2 Å². The maximum Gasteiger partial charge on any atom is 0.222 e. The number of carbonyl (C=O) groups excluding carboxylic acids is 1. The molecule has 2 unspecified atom stereocenters. The van der Waals surface area contributed by atoms with Gasteiger partial charge in [0.05, 0.1) is 25.2 Å². The molecule has 0 aromatic carbocycles. The Morgan fingerprint density at radius 3 is 2.70 bits per heavy atom. The van der Waals surface area contributed by atoms with Gasteiger partial charge in [0.15, 0.2) is 0 Å². The number of rotatable bonds is 7. The molecule has 1 aliphatic heterocycles. The minimum atomic E-state index is -0.0845. The Morgan fingerprint density at radius 2 is 2.20 bits per heavy atom. The lowest BCUT2D eigenvalue weighted by Crippen LogP contribution is -2.40. The lowest BCUT2D eigenvalue weighted by atomic mass is 9.85. The predicted octanol–water partition coefficient (Wildman–Crippen LogP) is 2.68. The van der Waals surface area contributed by atoms with Crippen LogP contribution in [0.25, 0.3) is 0 Å². The first kappa shape index (κ1) is 17.2. The maximum absolute atomic E-state index is 11.9. The fourth-order valence-corrected chi connectivity index (χ4v) is 2.35. The molecule has 20 heavy (non-hydrogen) atoms. The summed E-state index contributed by atoms with van der Waals surface area (Å²) in [6, 6.07) is 0. The van der Waals surface area contributed by atoms with Gasteiger partial charge >= 0.3 is 0 Å². The van der Waals surface area contributed by atoms with E-state index in [0.29, 0.717) is 13.0 Å². The van der Waals surface area contributed by atoms with Crippen LogP contribution in [-0.2, 0) is 14.3 Å². The Kier molecular flexibility index (Phi) is 6.69. The summed E-state index contributed by atoms with van der Waals surface area (Å²) in [7, 11) is 1.63. The molecule has 0 bridgehead atoms. The normalized spacial score (nSPS) is 23.1. The average molecular weight is 283 g/mol. The Labute approximate surface area is 122 Å². The Hall–Kier alpha value is -0.870. The summed E-state index contributed by atoms with van der Waals surface area (Å²) in [5.74, 6) is 0.0199. The van der Waals surface area contributed by atoms with Crippen LogP contribution >= 0.6 is 0 Å². The van der Waals surface area contributed by atoms with E-state index < -0.39 is 0 Å². The molecule has 1 N–H and O–H groups in total. The van der Waals surface area contributed by atoms with Gasteiger partial charge in [0.25, 0.3) is 0 Å². The van der Waals surface area contributed by atoms with Crippen LogP contribution in [0.5, 0.6) is 0 Å². The number of ether oxygens (including phenoxy) is 2. The molecule has 0 spiro atoms. The molecular weight excluding hydrogens is 254 g/mol. The summed E-state index contributed by atoms with van der Waals surface area (Å²) in [6.07, 6.45) is 3.31. The molecule has 0 aliphatic carbocycles. The third-order valence-electron chi connectivity index (χ3n) is 3.70. The molecule has 1 fully saturated rings. The Balaban J connectivity index is 2.24. The first-order chi connectivity index (χ1) is 9.32. The zero-order valence-electron chi connectivity index (χ0n) is 13.3. The van der Waals surface area contributed by atoms with Crippen LogP contribution in [0, 0.1) is 5.41 Å². The number of hydrogen-bond acceptors (Lipinski definition) is 3. The molecule has 1 amide bonds. The quantitative estimate of drug-likeness (QED) is 0.731. The van der Waals surface area contributed by atoms with E-state index in [0.717, 1.165) is 31.4 Å². The van der Waals surface area contributed by atoms with Crippen LogP contribution in [-0.4, -0.2) is 38.4 Å². The molecule has 4 heteroatoms. The van der Waals surface area contributed by atoms with Crippen molar-refractivity contribution in [2.75, 3.05) is 20.3 Å². The van der Waals surface area contributed by atoms with Crippen molar-refractivity contribution in [3.8, 4) is 0 Å². The number of hydrogen-bond donors (Lipinski definition) is 1. The number of nitrogens with one attached hydrogen (secondary N) is 1.